The third-order valence-corrected chi connectivity index (χ3v) is 4.27. The summed E-state index contributed by atoms with van der Waals surface area (Å²) in [5.41, 5.74) is 8.24. The van der Waals surface area contributed by atoms with Gasteiger partial charge in [0.05, 0.1) is 13.2 Å². The van der Waals surface area contributed by atoms with Crippen molar-refractivity contribution in [3.05, 3.63) is 54.1 Å². The summed E-state index contributed by atoms with van der Waals surface area (Å²) in [4.78, 5) is 4.41. The molecule has 0 amide bonds. The standard InChI is InChI=1S/C21H27N3O2/c22-21(23-13-6-2-5-10-17-8-3-1-4-9-17)24-18-11-12-19-20(16-18)26-15-7-14-25-19/h1,3-4,8-9,11-12,16H,2,5-7,10,13-15H2,(H3,22,23,24). The van der Waals surface area contributed by atoms with Crippen LogP contribution in [0.3, 0.4) is 0 Å². The number of benzene rings is 2. The Morgan fingerprint density at radius 2 is 1.77 bits per heavy atom. The normalized spacial score (nSPS) is 13.9. The molecule has 26 heavy (non-hydrogen) atoms. The third kappa shape index (κ3) is 5.69. The molecule has 1 aliphatic heterocycles. The monoisotopic (exact) mass is 353 g/mol. The van der Waals surface area contributed by atoms with Crippen LogP contribution in [-0.4, -0.2) is 25.7 Å². The number of guanidine groups is 1. The van der Waals surface area contributed by atoms with Crippen molar-refractivity contribution in [2.75, 3.05) is 25.1 Å². The van der Waals surface area contributed by atoms with Crippen LogP contribution in [0.1, 0.15) is 31.2 Å². The maximum atomic E-state index is 5.99. The van der Waals surface area contributed by atoms with E-state index in [1.807, 2.05) is 18.2 Å². The van der Waals surface area contributed by atoms with Crippen LogP contribution in [0.5, 0.6) is 11.5 Å². The summed E-state index contributed by atoms with van der Waals surface area (Å²) in [6.07, 6.45) is 5.38. The predicted molar refractivity (Wildman–Crippen MR) is 106 cm³/mol. The van der Waals surface area contributed by atoms with Crippen molar-refractivity contribution in [3.8, 4) is 11.5 Å². The fraction of sp³-hybridized carbons (Fsp3) is 0.381. The van der Waals surface area contributed by atoms with Gasteiger partial charge in [-0.2, -0.15) is 0 Å². The number of fused-ring (bicyclic) bond motifs is 1. The van der Waals surface area contributed by atoms with Gasteiger partial charge in [-0.3, -0.25) is 4.99 Å². The van der Waals surface area contributed by atoms with E-state index in [0.29, 0.717) is 19.2 Å². The highest BCUT2D eigenvalue weighted by Crippen LogP contribution is 2.32. The zero-order valence-corrected chi connectivity index (χ0v) is 15.1. The number of nitrogens with zero attached hydrogens (tertiary/aromatic N) is 1. The van der Waals surface area contributed by atoms with Gasteiger partial charge in [0.2, 0.25) is 0 Å². The SMILES string of the molecule is NC(=NCCCCCc1ccccc1)Nc1ccc2c(c1)OCCCO2. The molecule has 5 heteroatoms. The molecule has 1 aliphatic rings. The zero-order valence-electron chi connectivity index (χ0n) is 15.1. The first kappa shape index (κ1) is 18.1. The maximum absolute atomic E-state index is 5.99. The van der Waals surface area contributed by atoms with Gasteiger partial charge in [0.15, 0.2) is 17.5 Å². The van der Waals surface area contributed by atoms with Crippen LogP contribution in [0.4, 0.5) is 5.69 Å². The molecule has 5 nitrogen and oxygen atoms in total. The second-order valence-electron chi connectivity index (χ2n) is 6.40. The molecule has 0 saturated heterocycles. The smallest absolute Gasteiger partial charge is 0.193 e. The number of nitrogens with two attached hydrogens (primary N) is 1. The van der Waals surface area contributed by atoms with Crippen LogP contribution < -0.4 is 20.5 Å². The van der Waals surface area contributed by atoms with Gasteiger partial charge in [-0.1, -0.05) is 36.8 Å². The summed E-state index contributed by atoms with van der Waals surface area (Å²) >= 11 is 0. The molecular weight excluding hydrogens is 326 g/mol. The Morgan fingerprint density at radius 1 is 0.962 bits per heavy atom. The van der Waals surface area contributed by atoms with Crippen molar-refractivity contribution in [2.24, 2.45) is 10.7 Å². The maximum Gasteiger partial charge on any atom is 0.193 e. The Balaban J connectivity index is 1.39. The van der Waals surface area contributed by atoms with Gasteiger partial charge in [-0.05, 0) is 37.0 Å². The largest absolute Gasteiger partial charge is 0.490 e. The Hall–Kier alpha value is -2.69. The summed E-state index contributed by atoms with van der Waals surface area (Å²) in [6.45, 7) is 2.09. The minimum Gasteiger partial charge on any atom is -0.490 e. The fourth-order valence-corrected chi connectivity index (χ4v) is 2.89. The average molecular weight is 353 g/mol. The van der Waals surface area contributed by atoms with Crippen molar-refractivity contribution >= 4 is 11.6 Å². The highest BCUT2D eigenvalue weighted by Gasteiger charge is 2.10. The topological polar surface area (TPSA) is 68.9 Å². The average Bonchev–Trinajstić information content (AvgIpc) is 2.90. The molecule has 0 fully saturated rings. The Labute approximate surface area is 155 Å². The Kier molecular flexibility index (Phi) is 6.76. The molecular formula is C21H27N3O2. The van der Waals surface area contributed by atoms with Gasteiger partial charge in [0.25, 0.3) is 0 Å². The molecule has 0 spiro atoms. The van der Waals surface area contributed by atoms with E-state index < -0.39 is 0 Å². The van der Waals surface area contributed by atoms with Crippen LogP contribution in [0.25, 0.3) is 0 Å². The van der Waals surface area contributed by atoms with Crippen molar-refractivity contribution in [3.63, 3.8) is 0 Å². The fourth-order valence-electron chi connectivity index (χ4n) is 2.89. The number of hydrogen-bond acceptors (Lipinski definition) is 3. The number of anilines is 1. The van der Waals surface area contributed by atoms with Crippen molar-refractivity contribution < 1.29 is 9.47 Å². The van der Waals surface area contributed by atoms with E-state index in [9.17, 15) is 0 Å². The quantitative estimate of drug-likeness (QED) is 0.449. The van der Waals surface area contributed by atoms with E-state index in [1.54, 1.807) is 0 Å². The second kappa shape index (κ2) is 9.70. The number of rotatable bonds is 7. The molecule has 2 aromatic carbocycles. The van der Waals surface area contributed by atoms with Crippen LogP contribution in [0.15, 0.2) is 53.5 Å². The lowest BCUT2D eigenvalue weighted by Gasteiger charge is -2.10. The number of nitrogens with one attached hydrogen (secondary N) is 1. The molecule has 0 saturated carbocycles. The molecule has 3 N–H and O–H groups in total. The number of aliphatic imine (C=N–C) groups is 1. The van der Waals surface area contributed by atoms with Crippen molar-refractivity contribution in [1.29, 1.82) is 0 Å². The predicted octanol–water partition coefficient (Wildman–Crippen LogP) is 3.99. The minimum absolute atomic E-state index is 0.433. The zero-order chi connectivity index (χ0) is 18.0. The van der Waals surface area contributed by atoms with Crippen LogP contribution in [0, 0.1) is 0 Å². The molecule has 0 unspecified atom stereocenters. The number of hydrogen-bond donors (Lipinski definition) is 2. The first-order valence-electron chi connectivity index (χ1n) is 9.32. The second-order valence-corrected chi connectivity index (χ2v) is 6.40. The van der Waals surface area contributed by atoms with E-state index in [4.69, 9.17) is 15.2 Å². The van der Waals surface area contributed by atoms with Gasteiger partial charge in [0.1, 0.15) is 0 Å². The van der Waals surface area contributed by atoms with E-state index >= 15 is 0 Å². The minimum atomic E-state index is 0.433. The number of unbranched alkanes of at least 4 members (excludes halogenated alkanes) is 2. The summed E-state index contributed by atoms with van der Waals surface area (Å²) in [5, 5.41) is 3.12. The Bertz CT molecular complexity index is 716. The van der Waals surface area contributed by atoms with Gasteiger partial charge in [0, 0.05) is 24.7 Å². The van der Waals surface area contributed by atoms with E-state index in [1.165, 1.54) is 12.0 Å². The van der Waals surface area contributed by atoms with Crippen molar-refractivity contribution in [1.82, 2.24) is 0 Å². The summed E-state index contributed by atoms with van der Waals surface area (Å²) < 4.78 is 11.3. The lowest BCUT2D eigenvalue weighted by molar-refractivity contribution is 0.297. The molecule has 0 atom stereocenters. The van der Waals surface area contributed by atoms with Crippen LogP contribution in [0.2, 0.25) is 0 Å². The van der Waals surface area contributed by atoms with Crippen molar-refractivity contribution in [2.45, 2.75) is 32.1 Å². The molecule has 0 aliphatic carbocycles. The molecule has 0 aromatic heterocycles. The lowest BCUT2D eigenvalue weighted by Crippen LogP contribution is -2.22. The van der Waals surface area contributed by atoms with Gasteiger partial charge >= 0.3 is 0 Å². The lowest BCUT2D eigenvalue weighted by atomic mass is 10.1. The first-order valence-corrected chi connectivity index (χ1v) is 9.32. The summed E-state index contributed by atoms with van der Waals surface area (Å²) in [5.74, 6) is 1.96. The highest BCUT2D eigenvalue weighted by atomic mass is 16.5. The van der Waals surface area contributed by atoms with Gasteiger partial charge in [-0.25, -0.2) is 0 Å². The molecule has 138 valence electrons. The van der Waals surface area contributed by atoms with Crippen LogP contribution >= 0.6 is 0 Å². The molecule has 3 rings (SSSR count). The first-order chi connectivity index (χ1) is 12.8. The number of aryl methyl sites for hydroxylation is 1. The van der Waals surface area contributed by atoms with Crippen LogP contribution in [-0.2, 0) is 6.42 Å². The third-order valence-electron chi connectivity index (χ3n) is 4.27. The van der Waals surface area contributed by atoms with E-state index in [2.05, 4.69) is 40.6 Å². The molecule has 0 bridgehead atoms. The van der Waals surface area contributed by atoms with Gasteiger partial charge in [-0.15, -0.1) is 0 Å². The van der Waals surface area contributed by atoms with E-state index in [0.717, 1.165) is 49.4 Å². The Morgan fingerprint density at radius 3 is 2.62 bits per heavy atom. The summed E-state index contributed by atoms with van der Waals surface area (Å²) in [6, 6.07) is 16.3. The summed E-state index contributed by atoms with van der Waals surface area (Å²) in [7, 11) is 0. The number of ether oxygens (including phenoxy) is 2. The molecule has 1 heterocycles. The van der Waals surface area contributed by atoms with E-state index in [-0.39, 0.29) is 0 Å². The van der Waals surface area contributed by atoms with Gasteiger partial charge < -0.3 is 20.5 Å². The highest BCUT2D eigenvalue weighted by molar-refractivity contribution is 5.92. The molecule has 2 aromatic rings. The molecule has 0 radical (unpaired) electrons.